The Bertz CT molecular complexity index is 372. The zero-order valence-electron chi connectivity index (χ0n) is 14.2. The first-order valence-corrected chi connectivity index (χ1v) is 9.53. The summed E-state index contributed by atoms with van der Waals surface area (Å²) in [6.07, 6.45) is 19.5. The van der Waals surface area contributed by atoms with Gasteiger partial charge in [-0.15, -0.1) is 0 Å². The third kappa shape index (κ3) is 4.13. The largest absolute Gasteiger partial charge is 0.364 e. The van der Waals surface area contributed by atoms with Gasteiger partial charge in [0, 0.05) is 12.8 Å². The van der Waals surface area contributed by atoms with Gasteiger partial charge in [-0.3, -0.25) is 4.79 Å². The molecule has 4 atom stereocenters. The van der Waals surface area contributed by atoms with Crippen LogP contribution in [0.2, 0.25) is 0 Å². The van der Waals surface area contributed by atoms with Crippen molar-refractivity contribution < 1.29 is 9.53 Å². The lowest BCUT2D eigenvalue weighted by Gasteiger charge is -2.34. The monoisotopic (exact) mass is 304 g/mol. The second kappa shape index (κ2) is 7.47. The van der Waals surface area contributed by atoms with Gasteiger partial charge in [-0.05, 0) is 70.1 Å². The van der Waals surface area contributed by atoms with Crippen LogP contribution in [-0.4, -0.2) is 17.5 Å². The number of hydrogen-bond donors (Lipinski definition) is 0. The fourth-order valence-corrected chi connectivity index (χ4v) is 4.64. The van der Waals surface area contributed by atoms with E-state index in [-0.39, 0.29) is 0 Å². The number of carbonyl (C=O) groups is 1. The van der Waals surface area contributed by atoms with Gasteiger partial charge in [-0.2, -0.15) is 0 Å². The highest BCUT2D eigenvalue weighted by atomic mass is 16.5. The van der Waals surface area contributed by atoms with Crippen LogP contribution in [-0.2, 0) is 9.53 Å². The number of ketones is 1. The molecule has 0 aromatic heterocycles. The Hall–Kier alpha value is -0.370. The van der Waals surface area contributed by atoms with Gasteiger partial charge in [-0.1, -0.05) is 25.7 Å². The van der Waals surface area contributed by atoms with Crippen LogP contribution >= 0.6 is 0 Å². The highest BCUT2D eigenvalue weighted by Crippen LogP contribution is 2.37. The first-order valence-electron chi connectivity index (χ1n) is 9.53. The lowest BCUT2D eigenvalue weighted by molar-refractivity contribution is -0.147. The van der Waals surface area contributed by atoms with Crippen molar-refractivity contribution in [1.82, 2.24) is 0 Å². The summed E-state index contributed by atoms with van der Waals surface area (Å²) in [4.78, 5) is 12.1. The maximum absolute atomic E-state index is 12.1. The van der Waals surface area contributed by atoms with E-state index in [4.69, 9.17) is 4.74 Å². The molecular formula is C20H32O2. The Balaban J connectivity index is 1.37. The summed E-state index contributed by atoms with van der Waals surface area (Å²) in [6, 6.07) is 0. The molecule has 2 radical (unpaired) electrons. The third-order valence-electron chi connectivity index (χ3n) is 6.10. The van der Waals surface area contributed by atoms with Gasteiger partial charge in [0.1, 0.15) is 5.60 Å². The summed E-state index contributed by atoms with van der Waals surface area (Å²) in [5.41, 5.74) is -0.586. The van der Waals surface area contributed by atoms with Crippen LogP contribution in [0, 0.1) is 24.7 Å². The predicted octanol–water partition coefficient (Wildman–Crippen LogP) is 5.06. The van der Waals surface area contributed by atoms with E-state index in [9.17, 15) is 4.79 Å². The molecule has 2 nitrogen and oxygen atoms in total. The summed E-state index contributed by atoms with van der Waals surface area (Å²) >= 11 is 0. The lowest BCUT2D eigenvalue weighted by Crippen LogP contribution is -2.43. The summed E-state index contributed by atoms with van der Waals surface area (Å²) in [5.74, 6) is 2.10. The fourth-order valence-electron chi connectivity index (χ4n) is 4.64. The molecular weight excluding hydrogens is 272 g/mol. The van der Waals surface area contributed by atoms with E-state index < -0.39 is 5.60 Å². The minimum atomic E-state index is -0.586. The van der Waals surface area contributed by atoms with Crippen molar-refractivity contribution in [3.8, 4) is 0 Å². The molecule has 0 heterocycles. The normalized spacial score (nSPS) is 37.0. The van der Waals surface area contributed by atoms with Crippen LogP contribution in [0.5, 0.6) is 0 Å². The van der Waals surface area contributed by atoms with Crippen LogP contribution < -0.4 is 0 Å². The van der Waals surface area contributed by atoms with Crippen LogP contribution in [0.15, 0.2) is 0 Å². The molecule has 3 aliphatic rings. The molecule has 0 amide bonds. The fraction of sp³-hybridized carbons (Fsp3) is 0.850. The Morgan fingerprint density at radius 2 is 2.05 bits per heavy atom. The number of rotatable bonds is 6. The number of Topliss-reactive ketones (excluding diaryl/α,β-unsaturated/α-hetero) is 1. The van der Waals surface area contributed by atoms with Crippen LogP contribution in [0.4, 0.5) is 0 Å². The molecule has 0 N–H and O–H groups in total. The molecule has 0 aromatic rings. The van der Waals surface area contributed by atoms with Gasteiger partial charge in [-0.25, -0.2) is 0 Å². The van der Waals surface area contributed by atoms with Crippen LogP contribution in [0.25, 0.3) is 0 Å². The third-order valence-corrected chi connectivity index (χ3v) is 6.10. The molecule has 0 spiro atoms. The number of carbonyl (C=O) groups excluding carboxylic acids is 1. The lowest BCUT2D eigenvalue weighted by atomic mass is 9.85. The van der Waals surface area contributed by atoms with Crippen molar-refractivity contribution >= 4 is 5.78 Å². The van der Waals surface area contributed by atoms with E-state index in [2.05, 4.69) is 12.8 Å². The van der Waals surface area contributed by atoms with Gasteiger partial charge < -0.3 is 4.74 Å². The molecule has 3 rings (SSSR count). The number of hydrogen-bond acceptors (Lipinski definition) is 2. The van der Waals surface area contributed by atoms with Crippen molar-refractivity contribution in [1.29, 1.82) is 0 Å². The van der Waals surface area contributed by atoms with Gasteiger partial charge in [0.25, 0.3) is 0 Å². The zero-order valence-corrected chi connectivity index (χ0v) is 14.2. The Labute approximate surface area is 136 Å². The average molecular weight is 304 g/mol. The Morgan fingerprint density at radius 1 is 1.18 bits per heavy atom. The van der Waals surface area contributed by atoms with E-state index in [1.54, 1.807) is 0 Å². The van der Waals surface area contributed by atoms with E-state index >= 15 is 0 Å². The summed E-state index contributed by atoms with van der Waals surface area (Å²) in [6.45, 7) is 1.98. The maximum atomic E-state index is 12.1. The van der Waals surface area contributed by atoms with Gasteiger partial charge >= 0.3 is 0 Å². The SMILES string of the molecule is CC1(OC2CCC(CCCC3C[CH]CC3)C2)[CH]CCCC1=O. The van der Waals surface area contributed by atoms with Crippen LogP contribution in [0.1, 0.15) is 84.0 Å². The summed E-state index contributed by atoms with van der Waals surface area (Å²) < 4.78 is 6.25. The summed E-state index contributed by atoms with van der Waals surface area (Å²) in [7, 11) is 0. The molecule has 3 aliphatic carbocycles. The minimum absolute atomic E-state index is 0.291. The summed E-state index contributed by atoms with van der Waals surface area (Å²) in [5, 5.41) is 0. The second-order valence-corrected chi connectivity index (χ2v) is 7.94. The Morgan fingerprint density at radius 3 is 2.82 bits per heavy atom. The molecule has 3 saturated carbocycles. The van der Waals surface area contributed by atoms with E-state index in [0.717, 1.165) is 31.1 Å². The molecule has 0 saturated heterocycles. The molecule has 0 aromatic carbocycles. The number of ether oxygens (including phenoxy) is 1. The smallest absolute Gasteiger partial charge is 0.164 e. The molecule has 3 fully saturated rings. The van der Waals surface area contributed by atoms with Gasteiger partial charge in [0.2, 0.25) is 0 Å². The zero-order chi connectivity index (χ0) is 15.4. The molecule has 124 valence electrons. The molecule has 0 aliphatic heterocycles. The first kappa shape index (κ1) is 16.5. The predicted molar refractivity (Wildman–Crippen MR) is 89.3 cm³/mol. The van der Waals surface area contributed by atoms with E-state index in [1.165, 1.54) is 51.4 Å². The van der Waals surface area contributed by atoms with Gasteiger partial charge in [0.15, 0.2) is 5.78 Å². The van der Waals surface area contributed by atoms with Crippen molar-refractivity contribution in [3.05, 3.63) is 12.8 Å². The standard InChI is InChI=1S/C20H32O2/c1-20(14-5-4-11-19(20)21)22-18-13-12-17(15-18)10-6-9-16-7-2-3-8-16/h2,14,16-18H,3-13,15H2,1H3. The molecule has 0 bridgehead atoms. The first-order chi connectivity index (χ1) is 10.7. The van der Waals surface area contributed by atoms with E-state index in [0.29, 0.717) is 18.3 Å². The maximum Gasteiger partial charge on any atom is 0.164 e. The molecule has 22 heavy (non-hydrogen) atoms. The van der Waals surface area contributed by atoms with Crippen molar-refractivity contribution in [3.63, 3.8) is 0 Å². The Kier molecular flexibility index (Phi) is 5.60. The van der Waals surface area contributed by atoms with Crippen LogP contribution in [0.3, 0.4) is 0 Å². The topological polar surface area (TPSA) is 26.3 Å². The highest BCUT2D eigenvalue weighted by Gasteiger charge is 2.40. The van der Waals surface area contributed by atoms with Crippen molar-refractivity contribution in [2.75, 3.05) is 0 Å². The van der Waals surface area contributed by atoms with E-state index in [1.807, 2.05) is 6.92 Å². The minimum Gasteiger partial charge on any atom is -0.364 e. The van der Waals surface area contributed by atoms with Crippen molar-refractivity contribution in [2.24, 2.45) is 11.8 Å². The molecule has 2 heteroatoms. The van der Waals surface area contributed by atoms with Gasteiger partial charge in [0.05, 0.1) is 6.10 Å². The molecule has 4 unspecified atom stereocenters. The average Bonchev–Trinajstić information content (AvgIpc) is 3.15. The highest BCUT2D eigenvalue weighted by molar-refractivity contribution is 5.89. The quantitative estimate of drug-likeness (QED) is 0.685. The van der Waals surface area contributed by atoms with Crippen molar-refractivity contribution in [2.45, 2.75) is 95.7 Å². The second-order valence-electron chi connectivity index (χ2n) is 7.94.